The minimum absolute atomic E-state index is 0.276. The normalized spacial score (nSPS) is 10.3. The van der Waals surface area contributed by atoms with E-state index in [4.69, 9.17) is 4.74 Å². The lowest BCUT2D eigenvalue weighted by Crippen LogP contribution is -2.13. The van der Waals surface area contributed by atoms with E-state index in [0.717, 1.165) is 11.4 Å². The van der Waals surface area contributed by atoms with E-state index in [0.29, 0.717) is 17.1 Å². The second-order valence-corrected chi connectivity index (χ2v) is 6.12. The minimum atomic E-state index is -0.276. The van der Waals surface area contributed by atoms with Crippen molar-refractivity contribution in [3.05, 3.63) is 77.6 Å². The van der Waals surface area contributed by atoms with Crippen molar-refractivity contribution < 1.29 is 9.53 Å². The number of ether oxygens (including phenoxy) is 1. The fourth-order valence-electron chi connectivity index (χ4n) is 2.74. The predicted molar refractivity (Wildman–Crippen MR) is 104 cm³/mol. The summed E-state index contributed by atoms with van der Waals surface area (Å²) >= 11 is 0. The minimum Gasteiger partial charge on any atom is -0.497 e. The number of carbonyl (C=O) groups is 1. The number of nitrogens with zero attached hydrogens (tertiary/aromatic N) is 1. The zero-order chi connectivity index (χ0) is 18.5. The van der Waals surface area contributed by atoms with Gasteiger partial charge in [-0.05, 0) is 61.4 Å². The summed E-state index contributed by atoms with van der Waals surface area (Å²) in [5.74, 6) is 0.406. The zero-order valence-electron chi connectivity index (χ0n) is 15.0. The van der Waals surface area contributed by atoms with Crippen molar-refractivity contribution in [2.24, 2.45) is 0 Å². The summed E-state index contributed by atoms with van der Waals surface area (Å²) in [7, 11) is 1.59. The lowest BCUT2D eigenvalue weighted by molar-refractivity contribution is 0.102. The van der Waals surface area contributed by atoms with Crippen LogP contribution in [-0.2, 0) is 0 Å². The Morgan fingerprint density at radius 1 is 0.923 bits per heavy atom. The molecule has 0 fully saturated rings. The number of carbonyl (C=O) groups excluding carboxylic acids is 1. The number of hydrogen-bond acceptors (Lipinski definition) is 4. The van der Waals surface area contributed by atoms with Crippen molar-refractivity contribution in [2.75, 3.05) is 17.7 Å². The summed E-state index contributed by atoms with van der Waals surface area (Å²) < 4.78 is 5.17. The number of aryl methyl sites for hydroxylation is 2. The maximum absolute atomic E-state index is 12.5. The van der Waals surface area contributed by atoms with Gasteiger partial charge in [-0.15, -0.1) is 0 Å². The molecular formula is C21H21N3O2. The molecule has 0 saturated carbocycles. The molecule has 132 valence electrons. The van der Waals surface area contributed by atoms with Crippen molar-refractivity contribution >= 4 is 23.0 Å². The number of anilines is 3. The second-order valence-electron chi connectivity index (χ2n) is 6.12. The third-order valence-electron chi connectivity index (χ3n) is 3.83. The number of methoxy groups -OCH3 is 1. The molecule has 0 atom stereocenters. The zero-order valence-corrected chi connectivity index (χ0v) is 15.0. The van der Waals surface area contributed by atoms with Crippen LogP contribution in [0.1, 0.15) is 21.6 Å². The van der Waals surface area contributed by atoms with Gasteiger partial charge in [0.2, 0.25) is 0 Å². The molecule has 0 bridgehead atoms. The standard InChI is InChI=1S/C21H21N3O2/c1-14-9-15(2)11-18(10-14)23-17-7-8-22-20(13-17)21(25)24-16-5-4-6-19(12-16)26-3/h4-13H,1-3H3,(H,22,23)(H,24,25). The number of benzene rings is 2. The number of amides is 1. The summed E-state index contributed by atoms with van der Waals surface area (Å²) in [6.07, 6.45) is 1.62. The summed E-state index contributed by atoms with van der Waals surface area (Å²) in [5, 5.41) is 6.16. The van der Waals surface area contributed by atoms with Crippen LogP contribution in [-0.4, -0.2) is 18.0 Å². The molecule has 0 aliphatic rings. The monoisotopic (exact) mass is 347 g/mol. The molecule has 0 spiro atoms. The molecule has 0 radical (unpaired) electrons. The molecule has 26 heavy (non-hydrogen) atoms. The number of nitrogens with one attached hydrogen (secondary N) is 2. The van der Waals surface area contributed by atoms with Gasteiger partial charge >= 0.3 is 0 Å². The van der Waals surface area contributed by atoms with Gasteiger partial charge in [-0.3, -0.25) is 9.78 Å². The van der Waals surface area contributed by atoms with Gasteiger partial charge in [0.05, 0.1) is 7.11 Å². The van der Waals surface area contributed by atoms with Crippen LogP contribution in [0.3, 0.4) is 0 Å². The molecule has 1 amide bonds. The second kappa shape index (κ2) is 7.70. The SMILES string of the molecule is COc1cccc(NC(=O)c2cc(Nc3cc(C)cc(C)c3)ccn2)c1. The van der Waals surface area contributed by atoms with E-state index in [1.165, 1.54) is 11.1 Å². The van der Waals surface area contributed by atoms with Gasteiger partial charge in [-0.25, -0.2) is 0 Å². The van der Waals surface area contributed by atoms with E-state index in [1.54, 1.807) is 31.5 Å². The highest BCUT2D eigenvalue weighted by atomic mass is 16.5. The molecule has 3 aromatic rings. The lowest BCUT2D eigenvalue weighted by atomic mass is 10.1. The first kappa shape index (κ1) is 17.5. The number of pyridine rings is 1. The Labute approximate surface area is 153 Å². The van der Waals surface area contributed by atoms with Crippen LogP contribution in [0.4, 0.5) is 17.1 Å². The third-order valence-corrected chi connectivity index (χ3v) is 3.83. The van der Waals surface area contributed by atoms with E-state index in [2.05, 4.69) is 47.7 Å². The van der Waals surface area contributed by atoms with Gasteiger partial charge in [0.15, 0.2) is 0 Å². The summed E-state index contributed by atoms with van der Waals surface area (Å²) in [5.41, 5.74) is 5.13. The quantitative estimate of drug-likeness (QED) is 0.702. The number of rotatable bonds is 5. The molecule has 1 aromatic heterocycles. The van der Waals surface area contributed by atoms with Crippen molar-refractivity contribution in [3.63, 3.8) is 0 Å². The number of aromatic nitrogens is 1. The van der Waals surface area contributed by atoms with Gasteiger partial charge < -0.3 is 15.4 Å². The predicted octanol–water partition coefficient (Wildman–Crippen LogP) is 4.70. The smallest absolute Gasteiger partial charge is 0.274 e. The maximum atomic E-state index is 12.5. The largest absolute Gasteiger partial charge is 0.497 e. The van der Waals surface area contributed by atoms with E-state index >= 15 is 0 Å². The average Bonchev–Trinajstić information content (AvgIpc) is 2.61. The van der Waals surface area contributed by atoms with Crippen LogP contribution in [0, 0.1) is 13.8 Å². The van der Waals surface area contributed by atoms with E-state index in [9.17, 15) is 4.79 Å². The number of hydrogen-bond donors (Lipinski definition) is 2. The first-order valence-corrected chi connectivity index (χ1v) is 8.30. The van der Waals surface area contributed by atoms with Crippen LogP contribution in [0.2, 0.25) is 0 Å². The van der Waals surface area contributed by atoms with Crippen LogP contribution in [0.25, 0.3) is 0 Å². The Kier molecular flexibility index (Phi) is 5.17. The van der Waals surface area contributed by atoms with Gasteiger partial charge in [0.25, 0.3) is 5.91 Å². The molecule has 0 aliphatic carbocycles. The van der Waals surface area contributed by atoms with E-state index in [-0.39, 0.29) is 5.91 Å². The van der Waals surface area contributed by atoms with Crippen LogP contribution >= 0.6 is 0 Å². The van der Waals surface area contributed by atoms with Crippen LogP contribution < -0.4 is 15.4 Å². The van der Waals surface area contributed by atoms with Crippen LogP contribution in [0.15, 0.2) is 60.8 Å². The molecule has 1 heterocycles. The Balaban J connectivity index is 1.76. The molecule has 0 aliphatic heterocycles. The topological polar surface area (TPSA) is 63.2 Å². The Bertz CT molecular complexity index is 918. The fraction of sp³-hybridized carbons (Fsp3) is 0.143. The summed E-state index contributed by atoms with van der Waals surface area (Å²) in [6.45, 7) is 4.11. The highest BCUT2D eigenvalue weighted by Gasteiger charge is 2.09. The highest BCUT2D eigenvalue weighted by Crippen LogP contribution is 2.21. The summed E-state index contributed by atoms with van der Waals surface area (Å²) in [4.78, 5) is 16.7. The van der Waals surface area contributed by atoms with E-state index < -0.39 is 0 Å². The molecule has 0 saturated heterocycles. The first-order chi connectivity index (χ1) is 12.5. The molecule has 0 unspecified atom stereocenters. The van der Waals surface area contributed by atoms with Crippen LogP contribution in [0.5, 0.6) is 5.75 Å². The van der Waals surface area contributed by atoms with Gasteiger partial charge in [0, 0.05) is 29.3 Å². The molecule has 5 nitrogen and oxygen atoms in total. The van der Waals surface area contributed by atoms with Gasteiger partial charge in [-0.2, -0.15) is 0 Å². The Morgan fingerprint density at radius 2 is 1.69 bits per heavy atom. The highest BCUT2D eigenvalue weighted by molar-refractivity contribution is 6.03. The first-order valence-electron chi connectivity index (χ1n) is 8.30. The maximum Gasteiger partial charge on any atom is 0.274 e. The van der Waals surface area contributed by atoms with Crippen molar-refractivity contribution in [1.29, 1.82) is 0 Å². The molecule has 3 rings (SSSR count). The molecule has 2 aromatic carbocycles. The summed E-state index contributed by atoms with van der Waals surface area (Å²) in [6, 6.07) is 17.0. The van der Waals surface area contributed by atoms with E-state index in [1.807, 2.05) is 18.2 Å². The lowest BCUT2D eigenvalue weighted by Gasteiger charge is -2.10. The van der Waals surface area contributed by atoms with Crippen molar-refractivity contribution in [3.8, 4) is 5.75 Å². The Hall–Kier alpha value is -3.34. The molecular weight excluding hydrogens is 326 g/mol. The van der Waals surface area contributed by atoms with Gasteiger partial charge in [-0.1, -0.05) is 12.1 Å². The third kappa shape index (κ3) is 4.39. The fourth-order valence-corrected chi connectivity index (χ4v) is 2.74. The van der Waals surface area contributed by atoms with Crippen molar-refractivity contribution in [2.45, 2.75) is 13.8 Å². The Morgan fingerprint density at radius 3 is 2.42 bits per heavy atom. The van der Waals surface area contributed by atoms with Gasteiger partial charge in [0.1, 0.15) is 11.4 Å². The molecule has 5 heteroatoms. The average molecular weight is 347 g/mol. The molecule has 2 N–H and O–H groups in total. The van der Waals surface area contributed by atoms with Crippen molar-refractivity contribution in [1.82, 2.24) is 4.98 Å².